The zero-order valence-corrected chi connectivity index (χ0v) is 26.2. The fraction of sp³-hybridized carbons (Fsp3) is 0.562. The Hall–Kier alpha value is -3.96. The van der Waals surface area contributed by atoms with Crippen molar-refractivity contribution in [3.63, 3.8) is 0 Å². The van der Waals surface area contributed by atoms with Crippen LogP contribution in [0.4, 0.5) is 0 Å². The second-order valence-corrected chi connectivity index (χ2v) is 10.5. The average Bonchev–Trinajstić information content (AvgIpc) is 2.99. The maximum absolute atomic E-state index is 12.9. The zero-order chi connectivity index (χ0) is 32.8. The average molecular weight is 631 g/mol. The molecule has 0 spiro atoms. The smallest absolute Gasteiger partial charge is 0.311 e. The number of rotatable bonds is 12. The van der Waals surface area contributed by atoms with E-state index in [9.17, 15) is 24.3 Å². The van der Waals surface area contributed by atoms with E-state index in [1.165, 1.54) is 32.4 Å². The van der Waals surface area contributed by atoms with Crippen LogP contribution in [-0.4, -0.2) is 118 Å². The third kappa shape index (κ3) is 11.2. The molecule has 2 aliphatic heterocycles. The van der Waals surface area contributed by atoms with Crippen molar-refractivity contribution in [1.29, 1.82) is 0 Å². The first kappa shape index (κ1) is 35.5. The maximum atomic E-state index is 12.9. The van der Waals surface area contributed by atoms with Gasteiger partial charge in [-0.25, -0.2) is 0 Å². The minimum Gasteiger partial charge on any atom is -0.508 e. The number of ether oxygens (including phenoxy) is 6. The highest BCUT2D eigenvalue weighted by atomic mass is 16.6. The van der Waals surface area contributed by atoms with Crippen molar-refractivity contribution >= 4 is 23.8 Å². The van der Waals surface area contributed by atoms with Crippen molar-refractivity contribution in [2.75, 3.05) is 54.6 Å². The van der Waals surface area contributed by atoms with Gasteiger partial charge >= 0.3 is 11.9 Å². The van der Waals surface area contributed by atoms with E-state index >= 15 is 0 Å². The maximum Gasteiger partial charge on any atom is 0.311 e. The third-order valence-corrected chi connectivity index (χ3v) is 7.40. The van der Waals surface area contributed by atoms with Gasteiger partial charge in [0.25, 0.3) is 0 Å². The van der Waals surface area contributed by atoms with Gasteiger partial charge in [-0.15, -0.1) is 0 Å². The normalized spacial score (nSPS) is 22.5. The van der Waals surface area contributed by atoms with Crippen LogP contribution < -0.4 is 9.47 Å². The van der Waals surface area contributed by atoms with E-state index in [1.54, 1.807) is 24.0 Å². The fourth-order valence-corrected chi connectivity index (χ4v) is 4.93. The number of hydrogen-bond acceptors (Lipinski definition) is 11. The summed E-state index contributed by atoms with van der Waals surface area (Å²) in [5.74, 6) is 3.59. The lowest BCUT2D eigenvalue weighted by atomic mass is 10.1. The van der Waals surface area contributed by atoms with Crippen LogP contribution in [0.15, 0.2) is 30.4 Å². The summed E-state index contributed by atoms with van der Waals surface area (Å²) in [6.07, 6.45) is 2.76. The molecule has 45 heavy (non-hydrogen) atoms. The van der Waals surface area contributed by atoms with Gasteiger partial charge in [0.05, 0.1) is 19.4 Å². The highest BCUT2D eigenvalue weighted by Gasteiger charge is 2.28. The molecule has 4 atom stereocenters. The molecule has 13 heteroatoms. The number of methoxy groups -OCH3 is 4. The molecule has 0 aromatic heterocycles. The summed E-state index contributed by atoms with van der Waals surface area (Å²) in [6.45, 7) is 1.44. The molecule has 0 aliphatic carbocycles. The van der Waals surface area contributed by atoms with Gasteiger partial charge in [-0.3, -0.25) is 19.2 Å². The summed E-state index contributed by atoms with van der Waals surface area (Å²) in [4.78, 5) is 54.0. The van der Waals surface area contributed by atoms with Crippen molar-refractivity contribution in [2.45, 2.75) is 62.9 Å². The first-order chi connectivity index (χ1) is 21.7. The molecule has 0 saturated heterocycles. The van der Waals surface area contributed by atoms with Crippen molar-refractivity contribution in [1.82, 2.24) is 9.80 Å². The van der Waals surface area contributed by atoms with Crippen molar-refractivity contribution in [3.8, 4) is 29.1 Å². The van der Waals surface area contributed by atoms with Gasteiger partial charge in [0.2, 0.25) is 11.8 Å². The summed E-state index contributed by atoms with van der Waals surface area (Å²) in [5, 5.41) is 10.1. The quantitative estimate of drug-likeness (QED) is 0.156. The second-order valence-electron chi connectivity index (χ2n) is 10.5. The molecule has 0 radical (unpaired) electrons. The Bertz CT molecular complexity index is 1270. The van der Waals surface area contributed by atoms with Crippen molar-refractivity contribution < 1.29 is 52.7 Å². The minimum atomic E-state index is -0.713. The number of benzene rings is 1. The summed E-state index contributed by atoms with van der Waals surface area (Å²) in [6, 6.07) is 3.63. The van der Waals surface area contributed by atoms with Crippen LogP contribution in [-0.2, 0) is 38.1 Å². The van der Waals surface area contributed by atoms with Crippen LogP contribution in [0.25, 0.3) is 0 Å². The predicted molar refractivity (Wildman–Crippen MR) is 160 cm³/mol. The number of esters is 2. The summed E-state index contributed by atoms with van der Waals surface area (Å²) in [7, 11) is 6.17. The van der Waals surface area contributed by atoms with Crippen LogP contribution in [0.2, 0.25) is 0 Å². The Balaban J connectivity index is 1.49. The van der Waals surface area contributed by atoms with E-state index in [2.05, 4.69) is 11.8 Å². The molecule has 0 saturated carbocycles. The van der Waals surface area contributed by atoms with Gasteiger partial charge in [0.1, 0.15) is 41.7 Å². The zero-order valence-electron chi connectivity index (χ0n) is 26.2. The Morgan fingerprint density at radius 3 is 1.91 bits per heavy atom. The molecule has 13 nitrogen and oxygen atoms in total. The number of carbonyl (C=O) groups is 4. The lowest BCUT2D eigenvalue weighted by Crippen LogP contribution is -2.45. The molecule has 1 aromatic rings. The van der Waals surface area contributed by atoms with Crippen LogP contribution in [0, 0.1) is 11.8 Å². The lowest BCUT2D eigenvalue weighted by molar-refractivity contribution is -0.140. The molecule has 2 aliphatic rings. The van der Waals surface area contributed by atoms with Crippen LogP contribution >= 0.6 is 0 Å². The standard InChI is InChI=1S/C32H42N2O11/c1-40-25-9-5-7-15-33(20-27(25)42-3)29(36)11-13-31(38)44-23-17-22(35)18-24(19-23)45-32(39)14-12-30(37)34-16-8-6-10-26(41-2)28(21-34)43-4/h5,9,17-19,25-28,35H,7-8,11-16,20-21H2,1-4H3/b9-5-/t25-,26?,27-,28?/m0/s1. The highest BCUT2D eigenvalue weighted by Crippen LogP contribution is 2.28. The molecule has 3 rings (SSSR count). The third-order valence-electron chi connectivity index (χ3n) is 7.40. The Morgan fingerprint density at radius 2 is 1.36 bits per heavy atom. The number of phenolic OH excluding ortho intramolecular Hbond substituents is 1. The predicted octanol–water partition coefficient (Wildman–Crippen LogP) is 1.85. The first-order valence-corrected chi connectivity index (χ1v) is 14.7. The molecule has 2 heterocycles. The van der Waals surface area contributed by atoms with Crippen LogP contribution in [0.1, 0.15) is 38.5 Å². The monoisotopic (exact) mass is 630 g/mol. The SMILES string of the molecule is COC1C#CCCN(C(=O)CCC(=O)Oc2cc(O)cc(OC(=O)CCC(=O)N3CC/C=C\[C@H](OC)[C@@H](OC)C3)c2)CC1OC. The molecule has 0 bridgehead atoms. The second kappa shape index (κ2) is 18.1. The van der Waals surface area contributed by atoms with E-state index < -0.39 is 24.1 Å². The molecule has 1 aromatic carbocycles. The van der Waals surface area contributed by atoms with Gasteiger partial charge in [0.15, 0.2) is 0 Å². The van der Waals surface area contributed by atoms with Crippen LogP contribution in [0.3, 0.4) is 0 Å². The summed E-state index contributed by atoms with van der Waals surface area (Å²) < 4.78 is 32.3. The van der Waals surface area contributed by atoms with E-state index in [4.69, 9.17) is 28.4 Å². The largest absolute Gasteiger partial charge is 0.508 e. The number of nitrogens with zero attached hydrogens (tertiary/aromatic N) is 2. The van der Waals surface area contributed by atoms with E-state index in [1.807, 2.05) is 12.2 Å². The van der Waals surface area contributed by atoms with Gasteiger partial charge in [0, 0.05) is 85.5 Å². The molecule has 2 amide bonds. The number of carbonyl (C=O) groups excluding carboxylic acids is 4. The van der Waals surface area contributed by atoms with Gasteiger partial charge < -0.3 is 43.3 Å². The van der Waals surface area contributed by atoms with Gasteiger partial charge in [-0.05, 0) is 6.42 Å². The minimum absolute atomic E-state index is 0.0647. The summed E-state index contributed by atoms with van der Waals surface area (Å²) in [5.41, 5.74) is 0. The van der Waals surface area contributed by atoms with Crippen molar-refractivity contribution in [2.24, 2.45) is 0 Å². The number of aromatic hydroxyl groups is 1. The van der Waals surface area contributed by atoms with Crippen molar-refractivity contribution in [3.05, 3.63) is 30.4 Å². The highest BCUT2D eigenvalue weighted by molar-refractivity contribution is 5.83. The van der Waals surface area contributed by atoms with Crippen LogP contribution in [0.5, 0.6) is 17.2 Å². The molecule has 0 fully saturated rings. The topological polar surface area (TPSA) is 150 Å². The number of hydrogen-bond donors (Lipinski definition) is 1. The van der Waals surface area contributed by atoms with E-state index in [-0.39, 0.29) is 73.5 Å². The van der Waals surface area contributed by atoms with Gasteiger partial charge in [-0.1, -0.05) is 24.0 Å². The molecule has 1 N–H and O–H groups in total. The lowest BCUT2D eigenvalue weighted by Gasteiger charge is -2.31. The number of phenols is 1. The van der Waals surface area contributed by atoms with E-state index in [0.29, 0.717) is 32.5 Å². The van der Waals surface area contributed by atoms with E-state index in [0.717, 1.165) is 0 Å². The Kier molecular flexibility index (Phi) is 14.3. The summed E-state index contributed by atoms with van der Waals surface area (Å²) >= 11 is 0. The molecular formula is C32H42N2O11. The Morgan fingerprint density at radius 1 is 0.778 bits per heavy atom. The Labute approximate surface area is 263 Å². The molecule has 246 valence electrons. The first-order valence-electron chi connectivity index (χ1n) is 14.7. The fourth-order valence-electron chi connectivity index (χ4n) is 4.93. The van der Waals surface area contributed by atoms with Gasteiger partial charge in [-0.2, -0.15) is 0 Å². The molecule has 2 unspecified atom stereocenters. The number of amides is 2. The molecular weight excluding hydrogens is 588 g/mol.